The highest BCUT2D eigenvalue weighted by Gasteiger charge is 2.44. The molecule has 100 valence electrons. The molecular weight excluding hydrogens is 228 g/mol. The molecule has 0 aromatic rings. The van der Waals surface area contributed by atoms with E-state index in [0.29, 0.717) is 11.8 Å². The maximum absolute atomic E-state index is 12.5. The molecule has 0 spiro atoms. The molecule has 4 heteroatoms. The van der Waals surface area contributed by atoms with E-state index < -0.39 is 0 Å². The molecule has 2 saturated carbocycles. The Morgan fingerprint density at radius 1 is 1.17 bits per heavy atom. The van der Waals surface area contributed by atoms with Gasteiger partial charge in [-0.15, -0.1) is 0 Å². The third-order valence-electron chi connectivity index (χ3n) is 4.85. The summed E-state index contributed by atoms with van der Waals surface area (Å²) in [5.41, 5.74) is 0. The second kappa shape index (κ2) is 4.56. The number of amides is 2. The first-order chi connectivity index (χ1) is 8.66. The number of piperazine rings is 1. The Kier molecular flexibility index (Phi) is 3.04. The van der Waals surface area contributed by atoms with Crippen LogP contribution in [0.5, 0.6) is 0 Å². The zero-order valence-electron chi connectivity index (χ0n) is 11.0. The van der Waals surface area contributed by atoms with Crippen LogP contribution in [-0.2, 0) is 9.59 Å². The summed E-state index contributed by atoms with van der Waals surface area (Å²) >= 11 is 0. The summed E-state index contributed by atoms with van der Waals surface area (Å²) in [5, 5.41) is 2.87. The van der Waals surface area contributed by atoms with Crippen LogP contribution in [0.4, 0.5) is 0 Å². The van der Waals surface area contributed by atoms with Crippen molar-refractivity contribution in [1.82, 2.24) is 10.2 Å². The largest absolute Gasteiger partial charge is 0.342 e. The van der Waals surface area contributed by atoms with Crippen molar-refractivity contribution in [1.29, 1.82) is 0 Å². The van der Waals surface area contributed by atoms with Crippen LogP contribution in [0.15, 0.2) is 0 Å². The molecule has 0 aromatic heterocycles. The summed E-state index contributed by atoms with van der Waals surface area (Å²) in [6.45, 7) is 2.39. The standard InChI is InChI=1S/C14H22N2O2/c1-9(10-4-2-3-5-10)16-8-12(17)15-13(14(16)18)11-6-7-11/h9-11,13H,2-8H2,1H3,(H,15,17). The van der Waals surface area contributed by atoms with Gasteiger partial charge in [0.1, 0.15) is 6.04 Å². The van der Waals surface area contributed by atoms with Gasteiger partial charge in [0, 0.05) is 6.04 Å². The van der Waals surface area contributed by atoms with Crippen LogP contribution in [0.3, 0.4) is 0 Å². The molecule has 3 aliphatic rings. The van der Waals surface area contributed by atoms with Gasteiger partial charge in [0.15, 0.2) is 0 Å². The predicted molar refractivity (Wildman–Crippen MR) is 67.8 cm³/mol. The lowest BCUT2D eigenvalue weighted by Crippen LogP contribution is -2.61. The lowest BCUT2D eigenvalue weighted by atomic mass is 9.96. The molecular formula is C14H22N2O2. The molecule has 1 N–H and O–H groups in total. The Morgan fingerprint density at radius 3 is 2.44 bits per heavy atom. The second-order valence-corrected chi connectivity index (χ2v) is 6.13. The van der Waals surface area contributed by atoms with E-state index in [2.05, 4.69) is 12.2 Å². The molecule has 1 aliphatic heterocycles. The molecule has 0 radical (unpaired) electrons. The third kappa shape index (κ3) is 2.13. The van der Waals surface area contributed by atoms with E-state index in [-0.39, 0.29) is 30.4 Å². The predicted octanol–water partition coefficient (Wildman–Crippen LogP) is 1.30. The van der Waals surface area contributed by atoms with Crippen LogP contribution in [0.25, 0.3) is 0 Å². The second-order valence-electron chi connectivity index (χ2n) is 6.13. The molecule has 3 fully saturated rings. The van der Waals surface area contributed by atoms with E-state index in [4.69, 9.17) is 0 Å². The lowest BCUT2D eigenvalue weighted by molar-refractivity contribution is -0.148. The summed E-state index contributed by atoms with van der Waals surface area (Å²) in [4.78, 5) is 26.1. The number of carbonyl (C=O) groups excluding carboxylic acids is 2. The van der Waals surface area contributed by atoms with Crippen LogP contribution in [0.1, 0.15) is 45.4 Å². The summed E-state index contributed by atoms with van der Waals surface area (Å²) in [5.74, 6) is 1.19. The number of hydrogen-bond acceptors (Lipinski definition) is 2. The molecule has 2 amide bonds. The van der Waals surface area contributed by atoms with Crippen molar-refractivity contribution in [3.8, 4) is 0 Å². The average Bonchev–Trinajstić information content (AvgIpc) is 3.05. The van der Waals surface area contributed by atoms with Crippen molar-refractivity contribution in [2.24, 2.45) is 11.8 Å². The number of carbonyl (C=O) groups is 2. The fourth-order valence-corrected chi connectivity index (χ4v) is 3.48. The molecule has 3 rings (SSSR count). The smallest absolute Gasteiger partial charge is 0.246 e. The monoisotopic (exact) mass is 250 g/mol. The average molecular weight is 250 g/mol. The Balaban J connectivity index is 1.72. The van der Waals surface area contributed by atoms with E-state index in [1.807, 2.05) is 4.90 Å². The highest BCUT2D eigenvalue weighted by atomic mass is 16.2. The molecule has 2 aliphatic carbocycles. The minimum Gasteiger partial charge on any atom is -0.342 e. The number of nitrogens with zero attached hydrogens (tertiary/aromatic N) is 1. The highest BCUT2D eigenvalue weighted by Crippen LogP contribution is 2.36. The van der Waals surface area contributed by atoms with Gasteiger partial charge >= 0.3 is 0 Å². The zero-order valence-corrected chi connectivity index (χ0v) is 11.0. The van der Waals surface area contributed by atoms with E-state index >= 15 is 0 Å². The maximum Gasteiger partial charge on any atom is 0.246 e. The quantitative estimate of drug-likeness (QED) is 0.821. The summed E-state index contributed by atoms with van der Waals surface area (Å²) in [6.07, 6.45) is 7.14. The normalized spacial score (nSPS) is 31.6. The molecule has 4 nitrogen and oxygen atoms in total. The topological polar surface area (TPSA) is 49.4 Å². The van der Waals surface area contributed by atoms with E-state index in [1.165, 1.54) is 25.7 Å². The van der Waals surface area contributed by atoms with Gasteiger partial charge < -0.3 is 10.2 Å². The Hall–Kier alpha value is -1.06. The van der Waals surface area contributed by atoms with Gasteiger partial charge in [0.05, 0.1) is 6.54 Å². The number of hydrogen-bond donors (Lipinski definition) is 1. The summed E-state index contributed by atoms with van der Waals surface area (Å²) in [6, 6.07) is 0.00223. The fourth-order valence-electron chi connectivity index (χ4n) is 3.48. The first kappa shape index (κ1) is 12.0. The molecule has 2 atom stereocenters. The minimum atomic E-state index is -0.227. The van der Waals surface area contributed by atoms with Crippen LogP contribution in [0.2, 0.25) is 0 Å². The third-order valence-corrected chi connectivity index (χ3v) is 4.85. The van der Waals surface area contributed by atoms with E-state index in [1.54, 1.807) is 0 Å². The van der Waals surface area contributed by atoms with Crippen molar-refractivity contribution in [3.05, 3.63) is 0 Å². The molecule has 0 aromatic carbocycles. The first-order valence-electron chi connectivity index (χ1n) is 7.26. The van der Waals surface area contributed by atoms with Crippen LogP contribution in [-0.4, -0.2) is 35.3 Å². The number of nitrogens with one attached hydrogen (secondary N) is 1. The van der Waals surface area contributed by atoms with Crippen LogP contribution in [0, 0.1) is 11.8 Å². The molecule has 2 unspecified atom stereocenters. The SMILES string of the molecule is CC(C1CCCC1)N1CC(=O)NC(C2CC2)C1=O. The Labute approximate surface area is 108 Å². The molecule has 1 saturated heterocycles. The van der Waals surface area contributed by atoms with Crippen molar-refractivity contribution in [2.45, 2.75) is 57.5 Å². The van der Waals surface area contributed by atoms with Gasteiger partial charge in [-0.25, -0.2) is 0 Å². The van der Waals surface area contributed by atoms with Gasteiger partial charge in [0.25, 0.3) is 0 Å². The van der Waals surface area contributed by atoms with E-state index in [0.717, 1.165) is 12.8 Å². The Morgan fingerprint density at radius 2 is 1.83 bits per heavy atom. The summed E-state index contributed by atoms with van der Waals surface area (Å²) < 4.78 is 0. The number of rotatable bonds is 3. The van der Waals surface area contributed by atoms with Gasteiger partial charge in [-0.1, -0.05) is 12.8 Å². The molecule has 1 heterocycles. The first-order valence-corrected chi connectivity index (χ1v) is 7.26. The van der Waals surface area contributed by atoms with Crippen molar-refractivity contribution >= 4 is 11.8 Å². The van der Waals surface area contributed by atoms with Crippen molar-refractivity contribution < 1.29 is 9.59 Å². The Bertz CT molecular complexity index is 359. The van der Waals surface area contributed by atoms with Gasteiger partial charge in [-0.2, -0.15) is 0 Å². The minimum absolute atomic E-state index is 0.0244. The van der Waals surface area contributed by atoms with Crippen molar-refractivity contribution in [2.75, 3.05) is 6.54 Å². The molecule has 18 heavy (non-hydrogen) atoms. The van der Waals surface area contributed by atoms with Gasteiger partial charge in [-0.05, 0) is 44.4 Å². The van der Waals surface area contributed by atoms with Gasteiger partial charge in [0.2, 0.25) is 11.8 Å². The maximum atomic E-state index is 12.5. The fraction of sp³-hybridized carbons (Fsp3) is 0.857. The van der Waals surface area contributed by atoms with Crippen LogP contribution < -0.4 is 5.32 Å². The van der Waals surface area contributed by atoms with Gasteiger partial charge in [-0.3, -0.25) is 9.59 Å². The van der Waals surface area contributed by atoms with Crippen molar-refractivity contribution in [3.63, 3.8) is 0 Å². The highest BCUT2D eigenvalue weighted by molar-refractivity contribution is 5.95. The molecule has 0 bridgehead atoms. The van der Waals surface area contributed by atoms with E-state index in [9.17, 15) is 9.59 Å². The summed E-state index contributed by atoms with van der Waals surface area (Å²) in [7, 11) is 0. The lowest BCUT2D eigenvalue weighted by Gasteiger charge is -2.39. The van der Waals surface area contributed by atoms with Crippen LogP contribution >= 0.6 is 0 Å². The zero-order chi connectivity index (χ0) is 12.7.